The summed E-state index contributed by atoms with van der Waals surface area (Å²) in [4.78, 5) is 59.6. The van der Waals surface area contributed by atoms with Crippen LogP contribution in [-0.2, 0) is 47.1 Å². The number of ether oxygens (including phenoxy) is 7. The number of nitrogens with one attached hydrogen (secondary N) is 4. The summed E-state index contributed by atoms with van der Waals surface area (Å²) in [6.07, 6.45) is 5.57. The maximum atomic E-state index is 11.3. The zero-order chi connectivity index (χ0) is 65.7. The Labute approximate surface area is 583 Å². The summed E-state index contributed by atoms with van der Waals surface area (Å²) in [5.74, 6) is 2.27. The van der Waals surface area contributed by atoms with Crippen molar-refractivity contribution < 1.29 is 42.7 Å². The number of nitriles is 3. The number of methoxy groups -OCH3 is 6. The number of H-pyrrole nitrogens is 1. The van der Waals surface area contributed by atoms with Gasteiger partial charge in [0, 0.05) is 106 Å². The molecule has 4 saturated heterocycles. The first-order chi connectivity index (χ1) is 42.8. The van der Waals surface area contributed by atoms with Crippen LogP contribution in [0.25, 0.3) is 0 Å². The summed E-state index contributed by atoms with van der Waals surface area (Å²) in [6.45, 7) is 16.6. The van der Waals surface area contributed by atoms with Gasteiger partial charge in [-0.1, -0.05) is 117 Å². The summed E-state index contributed by atoms with van der Waals surface area (Å²) >= 11 is 2.15. The number of carbonyl (C=O) groups excluding carboxylic acids is 2. The first-order valence-corrected chi connectivity index (χ1v) is 31.1. The van der Waals surface area contributed by atoms with Crippen LogP contribution in [0.5, 0.6) is 29.4 Å². The molecule has 5 atom stereocenters. The molecule has 95 heavy (non-hydrogen) atoms. The smallest absolute Gasteiger partial charge is 0.307 e. The van der Waals surface area contributed by atoms with Gasteiger partial charge in [-0.3, -0.25) is 14.4 Å². The van der Waals surface area contributed by atoms with Crippen molar-refractivity contribution in [3.8, 4) is 47.6 Å². The molecular weight excluding hydrogens is 1320 g/mol. The fourth-order valence-electron chi connectivity index (χ4n) is 9.06. The van der Waals surface area contributed by atoms with Crippen molar-refractivity contribution in [3.63, 3.8) is 0 Å². The Balaban J connectivity index is -0.000000508. The Morgan fingerprint density at radius 1 is 0.621 bits per heavy atom. The van der Waals surface area contributed by atoms with Crippen LogP contribution in [-0.4, -0.2) is 144 Å². The van der Waals surface area contributed by atoms with Crippen LogP contribution >= 0.6 is 22.6 Å². The number of esters is 1. The molecular formula is C71H107BIN12O10. The van der Waals surface area contributed by atoms with Crippen molar-refractivity contribution in [3.05, 3.63) is 154 Å². The molecule has 4 N–H and O–H groups in total. The van der Waals surface area contributed by atoms with E-state index in [2.05, 4.69) is 105 Å². The quantitative estimate of drug-likeness (QED) is 0.0361. The molecule has 10 rings (SSSR count). The van der Waals surface area contributed by atoms with Gasteiger partial charge in [0.05, 0.1) is 108 Å². The highest BCUT2D eigenvalue weighted by atomic mass is 127. The molecule has 6 aromatic heterocycles. The highest BCUT2D eigenvalue weighted by molar-refractivity contribution is 14.1. The zero-order valence-corrected chi connectivity index (χ0v) is 56.1. The molecule has 0 aromatic carbocycles. The van der Waals surface area contributed by atoms with Gasteiger partial charge in [0.2, 0.25) is 40.9 Å². The van der Waals surface area contributed by atoms with Gasteiger partial charge in [-0.25, -0.2) is 24.9 Å². The molecule has 3 radical (unpaired) electrons. The van der Waals surface area contributed by atoms with Gasteiger partial charge in [0.25, 0.3) is 0 Å². The molecule has 5 unspecified atom stereocenters. The molecule has 0 spiro atoms. The van der Waals surface area contributed by atoms with Crippen molar-refractivity contribution in [2.45, 2.75) is 144 Å². The number of nitrogens with zero attached hydrogens (tertiary/aromatic N) is 8. The molecule has 521 valence electrons. The summed E-state index contributed by atoms with van der Waals surface area (Å²) in [5, 5.41) is 35.7. The topological polar surface area (TPSA) is 304 Å². The Hall–Kier alpha value is -8.22. The highest BCUT2D eigenvalue weighted by Gasteiger charge is 2.37. The fraction of sp³-hybridized carbons (Fsp3) is 0.507. The lowest BCUT2D eigenvalue weighted by molar-refractivity contribution is -0.141. The number of halogens is 1. The van der Waals surface area contributed by atoms with Crippen molar-refractivity contribution in [2.75, 3.05) is 93.5 Å². The summed E-state index contributed by atoms with van der Waals surface area (Å²) in [5.41, 5.74) is 4.12. The van der Waals surface area contributed by atoms with E-state index in [9.17, 15) is 19.6 Å². The minimum Gasteiger partial charge on any atom is -0.481 e. The standard InChI is InChI=1S/C12H14N2O3.C11H14N2O2.C11H16N2O.C10H14N2O.C9H10N2O.C8H8N2O.C4H8O.CH3I.5CH4.B/c1-12(8-13,7-11(15)17-3)9-5-4-6-10(14-9)16-2;1-11(6-9(14)12-7-11)8-4-3-5-10(13-8)15-2;1-11(6-7-12-8-11)9-4-3-5-10(13-9)14-2;1-10(5-6-11-7-10)8-3-2-4-9(13)12-8;1-7(6-10)8-4-3-5-9(11-8)12-2;1-11-8-4-2-3-7(10-8)5-6-9;1-2-4-5-3-1;1-2;;;;;;/h4-6H,7H2,1-3H3;3-5H,6-7H2,1-2H3,(H,12,14);3-5,12H,6-8H2,1-2H3;2-4,11H,5-7H2,1H3,(H,12,13);3-5,7H,1-2H3;2-4H,5H2,1H3;1-4H2;1H3;5*1H4;. The van der Waals surface area contributed by atoms with E-state index >= 15 is 0 Å². The minimum absolute atomic E-state index is 0. The Morgan fingerprint density at radius 2 is 1.08 bits per heavy atom. The number of hydrogen-bond donors (Lipinski definition) is 4. The van der Waals surface area contributed by atoms with Gasteiger partial charge in [-0.15, -0.1) is 0 Å². The number of rotatable bonds is 13. The minimum atomic E-state index is -1.01. The molecule has 1 amide bonds. The number of alkyl halides is 1. The second-order valence-corrected chi connectivity index (χ2v) is 21.6. The average molecular weight is 1430 g/mol. The highest BCUT2D eigenvalue weighted by Crippen LogP contribution is 2.32. The molecule has 0 saturated carbocycles. The van der Waals surface area contributed by atoms with E-state index in [0.717, 1.165) is 80.7 Å². The van der Waals surface area contributed by atoms with Crippen LogP contribution < -0.4 is 45.2 Å². The van der Waals surface area contributed by atoms with Gasteiger partial charge < -0.3 is 54.1 Å². The molecule has 4 aliphatic heterocycles. The van der Waals surface area contributed by atoms with Gasteiger partial charge in [-0.05, 0) is 93.9 Å². The molecule has 0 bridgehead atoms. The van der Waals surface area contributed by atoms with E-state index in [1.54, 1.807) is 83.9 Å². The van der Waals surface area contributed by atoms with E-state index < -0.39 is 11.4 Å². The number of amides is 1. The lowest BCUT2D eigenvalue weighted by atomic mass is 9.84. The van der Waals surface area contributed by atoms with Gasteiger partial charge in [0.15, 0.2) is 0 Å². The number of aromatic nitrogens is 6. The first kappa shape index (κ1) is 93.2. The maximum absolute atomic E-state index is 11.3. The Kier molecular flexibility index (Phi) is 48.4. The lowest BCUT2D eigenvalue weighted by Gasteiger charge is -2.22. The van der Waals surface area contributed by atoms with Gasteiger partial charge >= 0.3 is 5.97 Å². The van der Waals surface area contributed by atoms with Crippen LogP contribution in [0, 0.1) is 34.0 Å². The zero-order valence-electron chi connectivity index (χ0n) is 54.0. The maximum Gasteiger partial charge on any atom is 0.307 e. The largest absolute Gasteiger partial charge is 0.481 e. The summed E-state index contributed by atoms with van der Waals surface area (Å²) < 4.78 is 34.5. The van der Waals surface area contributed by atoms with Crippen molar-refractivity contribution in [1.82, 2.24) is 45.9 Å². The molecule has 6 aromatic rings. The van der Waals surface area contributed by atoms with Crippen molar-refractivity contribution in [1.29, 1.82) is 15.8 Å². The number of carbonyl (C=O) groups is 2. The predicted octanol–water partition coefficient (Wildman–Crippen LogP) is 11.8. The third-order valence-corrected chi connectivity index (χ3v) is 14.6. The van der Waals surface area contributed by atoms with Crippen LogP contribution in [0.4, 0.5) is 0 Å². The first-order valence-electron chi connectivity index (χ1n) is 28.9. The third kappa shape index (κ3) is 31.3. The van der Waals surface area contributed by atoms with Crippen LogP contribution in [0.2, 0.25) is 0 Å². The molecule has 24 heteroatoms. The van der Waals surface area contributed by atoms with E-state index in [-0.39, 0.29) is 85.6 Å². The predicted molar refractivity (Wildman–Crippen MR) is 388 cm³/mol. The van der Waals surface area contributed by atoms with E-state index in [1.807, 2.05) is 79.4 Å². The van der Waals surface area contributed by atoms with Crippen molar-refractivity contribution in [2.24, 2.45) is 0 Å². The van der Waals surface area contributed by atoms with E-state index in [4.69, 9.17) is 38.9 Å². The lowest BCUT2D eigenvalue weighted by Crippen LogP contribution is -2.28. The molecule has 10 heterocycles. The average Bonchev–Trinajstić information content (AvgIpc) is 1.80. The number of aromatic amines is 1. The molecule has 4 aliphatic rings. The fourth-order valence-corrected chi connectivity index (χ4v) is 9.06. The molecule has 22 nitrogen and oxygen atoms in total. The monoisotopic (exact) mass is 1430 g/mol. The summed E-state index contributed by atoms with van der Waals surface area (Å²) in [7, 11) is 9.14. The van der Waals surface area contributed by atoms with Gasteiger partial charge in [0.1, 0.15) is 5.41 Å². The SMILES string of the molecule is C.C.C.C.C.C1CCOC1.CC1(c2cccc(=O)[nH]2)CCNC1.CI.COC(=O)CC(C)(C#N)c1cccc(OC)n1.COc1cccc(C(C)C#N)n1.COc1cccc(C2(C)CCNC2)n1.COc1cccc(C2(C)CNC(=O)C2)n1.COc1cccc(CC#N)n1.[B]. The summed E-state index contributed by atoms with van der Waals surface area (Å²) in [6, 6.07) is 39.1. The number of hydrogen-bond acceptors (Lipinski definition) is 20. The van der Waals surface area contributed by atoms with Crippen LogP contribution in [0.3, 0.4) is 0 Å². The van der Waals surface area contributed by atoms with E-state index in [1.165, 1.54) is 27.1 Å². The Bertz CT molecular complexity index is 3280. The Morgan fingerprint density at radius 3 is 1.52 bits per heavy atom. The normalized spacial score (nSPS) is 17.9. The van der Waals surface area contributed by atoms with Gasteiger partial charge in [-0.2, -0.15) is 15.8 Å². The van der Waals surface area contributed by atoms with Crippen molar-refractivity contribution >= 4 is 42.9 Å². The van der Waals surface area contributed by atoms with Crippen LogP contribution in [0.15, 0.2) is 114 Å². The van der Waals surface area contributed by atoms with E-state index in [0.29, 0.717) is 54.5 Å². The number of pyridine rings is 6. The second-order valence-electron chi connectivity index (χ2n) is 21.6. The molecule has 4 fully saturated rings. The third-order valence-electron chi connectivity index (χ3n) is 14.6. The van der Waals surface area contributed by atoms with Crippen LogP contribution in [0.1, 0.15) is 150 Å². The molecule has 0 aliphatic carbocycles. The second kappa shape index (κ2) is 49.3.